The number of likely N-dealkylation sites (N-methyl/N-ethyl adjacent to an activating group) is 2. The van der Waals surface area contributed by atoms with Crippen molar-refractivity contribution in [3.8, 4) is 0 Å². The number of carbonyl (C=O) groups is 1. The van der Waals surface area contributed by atoms with E-state index in [1.165, 1.54) is 0 Å². The third-order valence-electron chi connectivity index (χ3n) is 2.44. The highest BCUT2D eigenvalue weighted by atomic mass is 16.1. The molecule has 0 spiro atoms. The Hall–Kier alpha value is -0.410. The van der Waals surface area contributed by atoms with Crippen LogP contribution < -0.4 is 0 Å². The first-order valence-electron chi connectivity index (χ1n) is 3.55. The van der Waals surface area contributed by atoms with Gasteiger partial charge in [0, 0.05) is 14.1 Å². The molecule has 1 aliphatic heterocycles. The van der Waals surface area contributed by atoms with E-state index in [4.69, 9.17) is 0 Å². The Morgan fingerprint density at radius 3 is 1.50 bits per heavy atom. The number of hydrazine groups is 1. The first kappa shape index (κ1) is 7.69. The summed E-state index contributed by atoms with van der Waals surface area (Å²) in [5, 5.41) is 3.93. The van der Waals surface area contributed by atoms with Gasteiger partial charge in [-0.25, -0.2) is 10.0 Å². The molecule has 0 saturated carbocycles. The molecule has 0 aliphatic carbocycles. The molecule has 0 aromatic heterocycles. The fraction of sp³-hybridized carbons (Fsp3) is 0.857. The van der Waals surface area contributed by atoms with Crippen LogP contribution in [-0.2, 0) is 4.79 Å². The van der Waals surface area contributed by atoms with E-state index >= 15 is 0 Å². The van der Waals surface area contributed by atoms with Gasteiger partial charge in [0.2, 0.25) is 0 Å². The smallest absolute Gasteiger partial charge is 0.169 e. The predicted octanol–water partition coefficient (Wildman–Crippen LogP) is 0.125. The van der Waals surface area contributed by atoms with Crippen LogP contribution in [0.15, 0.2) is 0 Å². The fourth-order valence-electron chi connectivity index (χ4n) is 1.26. The number of ketones is 1. The highest BCUT2D eigenvalue weighted by molar-refractivity contribution is 5.89. The Balaban J connectivity index is 2.78. The first-order valence-corrected chi connectivity index (χ1v) is 3.55. The van der Waals surface area contributed by atoms with Gasteiger partial charge in [-0.3, -0.25) is 4.79 Å². The van der Waals surface area contributed by atoms with Gasteiger partial charge < -0.3 is 0 Å². The molecule has 0 amide bonds. The van der Waals surface area contributed by atoms with Gasteiger partial charge in [-0.15, -0.1) is 0 Å². The van der Waals surface area contributed by atoms with Crippen molar-refractivity contribution in [3.63, 3.8) is 0 Å². The van der Waals surface area contributed by atoms with Crippen molar-refractivity contribution in [2.75, 3.05) is 14.1 Å². The zero-order valence-corrected chi connectivity index (χ0v) is 6.96. The summed E-state index contributed by atoms with van der Waals surface area (Å²) in [6.07, 6.45) is 0. The molecule has 1 saturated heterocycles. The van der Waals surface area contributed by atoms with Crippen molar-refractivity contribution in [3.05, 3.63) is 0 Å². The Kier molecular flexibility index (Phi) is 1.79. The summed E-state index contributed by atoms with van der Waals surface area (Å²) in [7, 11) is 3.87. The summed E-state index contributed by atoms with van der Waals surface area (Å²) in [5.74, 6) is 0.310. The van der Waals surface area contributed by atoms with Crippen LogP contribution in [0.5, 0.6) is 0 Å². The maximum atomic E-state index is 11.2. The summed E-state index contributed by atoms with van der Waals surface area (Å²) in [6, 6.07) is 0.111. The van der Waals surface area contributed by atoms with Gasteiger partial charge >= 0.3 is 0 Å². The molecular weight excluding hydrogens is 128 g/mol. The second kappa shape index (κ2) is 2.32. The van der Waals surface area contributed by atoms with Gasteiger partial charge in [0.1, 0.15) is 0 Å². The Morgan fingerprint density at radius 2 is 1.40 bits per heavy atom. The quantitative estimate of drug-likeness (QED) is 0.480. The second-order valence-corrected chi connectivity index (χ2v) is 2.90. The van der Waals surface area contributed by atoms with Gasteiger partial charge in [0.25, 0.3) is 0 Å². The van der Waals surface area contributed by atoms with Crippen LogP contribution in [0.4, 0.5) is 0 Å². The van der Waals surface area contributed by atoms with E-state index in [1.54, 1.807) is 0 Å². The number of Topliss-reactive ketones (excluding diaryl/α,β-unsaturated/α-hetero) is 1. The van der Waals surface area contributed by atoms with Crippen molar-refractivity contribution in [2.24, 2.45) is 0 Å². The van der Waals surface area contributed by atoms with Gasteiger partial charge in [0.05, 0.1) is 12.1 Å². The predicted molar refractivity (Wildman–Crippen MR) is 39.5 cm³/mol. The summed E-state index contributed by atoms with van der Waals surface area (Å²) in [5.41, 5.74) is 0. The number of carbonyl (C=O) groups excluding carboxylic acids is 1. The molecule has 0 aromatic rings. The van der Waals surface area contributed by atoms with Crippen molar-refractivity contribution >= 4 is 5.78 Å². The number of rotatable bonds is 0. The lowest BCUT2D eigenvalue weighted by Gasteiger charge is -2.22. The topological polar surface area (TPSA) is 23.6 Å². The van der Waals surface area contributed by atoms with Crippen molar-refractivity contribution < 1.29 is 4.79 Å². The fourth-order valence-corrected chi connectivity index (χ4v) is 1.26. The molecular formula is C7H14N2O. The maximum Gasteiger partial charge on any atom is 0.169 e. The van der Waals surface area contributed by atoms with Crippen LogP contribution in [-0.4, -0.2) is 42.0 Å². The third-order valence-corrected chi connectivity index (χ3v) is 2.44. The first-order chi connectivity index (χ1) is 4.55. The van der Waals surface area contributed by atoms with Crippen LogP contribution >= 0.6 is 0 Å². The van der Waals surface area contributed by atoms with E-state index in [-0.39, 0.29) is 12.1 Å². The third kappa shape index (κ3) is 0.859. The van der Waals surface area contributed by atoms with Gasteiger partial charge in [-0.05, 0) is 13.8 Å². The van der Waals surface area contributed by atoms with E-state index in [2.05, 4.69) is 0 Å². The summed E-state index contributed by atoms with van der Waals surface area (Å²) in [6.45, 7) is 3.87. The van der Waals surface area contributed by atoms with E-state index in [0.717, 1.165) is 0 Å². The molecule has 1 fully saturated rings. The minimum absolute atomic E-state index is 0.0556. The maximum absolute atomic E-state index is 11.2. The van der Waals surface area contributed by atoms with E-state index in [1.807, 2.05) is 38.0 Å². The number of nitrogens with zero attached hydrogens (tertiary/aromatic N) is 2. The van der Waals surface area contributed by atoms with Crippen molar-refractivity contribution in [2.45, 2.75) is 25.9 Å². The average molecular weight is 142 g/mol. The molecule has 2 unspecified atom stereocenters. The number of hydrogen-bond acceptors (Lipinski definition) is 3. The molecule has 58 valence electrons. The molecule has 3 heteroatoms. The highest BCUT2D eigenvalue weighted by Gasteiger charge is 2.36. The minimum atomic E-state index is 0.0556. The monoisotopic (exact) mass is 142 g/mol. The molecule has 1 aliphatic rings. The zero-order chi connectivity index (χ0) is 7.89. The van der Waals surface area contributed by atoms with Crippen LogP contribution in [0.1, 0.15) is 13.8 Å². The van der Waals surface area contributed by atoms with Gasteiger partial charge in [0.15, 0.2) is 5.78 Å². The lowest BCUT2D eigenvalue weighted by atomic mass is 10.1. The van der Waals surface area contributed by atoms with Crippen molar-refractivity contribution in [1.82, 2.24) is 10.0 Å². The molecule has 1 heterocycles. The summed E-state index contributed by atoms with van der Waals surface area (Å²) >= 11 is 0. The SMILES string of the molecule is CC1C(=O)C(C)N(C)N1C. The highest BCUT2D eigenvalue weighted by Crippen LogP contribution is 2.16. The molecule has 0 N–H and O–H groups in total. The lowest BCUT2D eigenvalue weighted by Crippen LogP contribution is -2.35. The van der Waals surface area contributed by atoms with Gasteiger partial charge in [-0.2, -0.15) is 0 Å². The van der Waals surface area contributed by atoms with E-state index in [0.29, 0.717) is 5.78 Å². The largest absolute Gasteiger partial charge is 0.296 e. The lowest BCUT2D eigenvalue weighted by molar-refractivity contribution is -0.120. The van der Waals surface area contributed by atoms with Crippen molar-refractivity contribution in [1.29, 1.82) is 0 Å². The summed E-state index contributed by atoms with van der Waals surface area (Å²) < 4.78 is 0. The minimum Gasteiger partial charge on any atom is -0.296 e. The molecule has 1 rings (SSSR count). The Labute approximate surface area is 61.6 Å². The Morgan fingerprint density at radius 1 is 1.10 bits per heavy atom. The van der Waals surface area contributed by atoms with Crippen LogP contribution in [0.25, 0.3) is 0 Å². The average Bonchev–Trinajstić information content (AvgIpc) is 2.07. The molecule has 3 nitrogen and oxygen atoms in total. The molecule has 0 radical (unpaired) electrons. The van der Waals surface area contributed by atoms with Crippen LogP contribution in [0, 0.1) is 0 Å². The normalized spacial score (nSPS) is 37.4. The van der Waals surface area contributed by atoms with E-state index < -0.39 is 0 Å². The zero-order valence-electron chi connectivity index (χ0n) is 6.96. The molecule has 2 atom stereocenters. The van der Waals surface area contributed by atoms with Crippen LogP contribution in [0.2, 0.25) is 0 Å². The summed E-state index contributed by atoms with van der Waals surface area (Å²) in [4.78, 5) is 11.2. The van der Waals surface area contributed by atoms with E-state index in [9.17, 15) is 4.79 Å². The second-order valence-electron chi connectivity index (χ2n) is 2.90. The Bertz CT molecular complexity index is 142. The standard InChI is InChI=1S/C7H14N2O/c1-5-7(10)6(2)9(4)8(5)3/h5-6H,1-4H3. The van der Waals surface area contributed by atoms with Crippen LogP contribution in [0.3, 0.4) is 0 Å². The molecule has 0 bridgehead atoms. The molecule has 10 heavy (non-hydrogen) atoms. The number of hydrogen-bond donors (Lipinski definition) is 0. The molecule has 0 aromatic carbocycles. The van der Waals surface area contributed by atoms with Gasteiger partial charge in [-0.1, -0.05) is 0 Å².